The summed E-state index contributed by atoms with van der Waals surface area (Å²) in [6.07, 6.45) is 1.73. The molecule has 2 aromatic rings. The Hall–Kier alpha value is -1.55. The van der Waals surface area contributed by atoms with Crippen LogP contribution in [-0.4, -0.2) is 11.5 Å². The lowest BCUT2D eigenvalue weighted by molar-refractivity contribution is 0.482. The van der Waals surface area contributed by atoms with Crippen LogP contribution in [0.25, 0.3) is 0 Å². The molecule has 4 heteroatoms. The molecule has 0 bridgehead atoms. The fourth-order valence-electron chi connectivity index (χ4n) is 1.39. The van der Waals surface area contributed by atoms with E-state index < -0.39 is 0 Å². The van der Waals surface area contributed by atoms with Gasteiger partial charge in [-0.3, -0.25) is 0 Å². The van der Waals surface area contributed by atoms with E-state index in [2.05, 4.69) is 26.2 Å². The predicted octanol–water partition coefficient (Wildman–Crippen LogP) is 4.07. The van der Waals surface area contributed by atoms with Crippen LogP contribution in [0.2, 0.25) is 0 Å². The van der Waals surface area contributed by atoms with Gasteiger partial charge in [0.1, 0.15) is 17.3 Å². The van der Waals surface area contributed by atoms with Gasteiger partial charge in [0.15, 0.2) is 0 Å². The van der Waals surface area contributed by atoms with Crippen molar-refractivity contribution >= 4 is 21.7 Å². The summed E-state index contributed by atoms with van der Waals surface area (Å²) in [5.74, 6) is 2.40. The van der Waals surface area contributed by atoms with Gasteiger partial charge >= 0.3 is 0 Å². The molecule has 0 aliphatic heterocycles. The van der Waals surface area contributed by atoms with E-state index in [0.29, 0.717) is 0 Å². The van der Waals surface area contributed by atoms with Gasteiger partial charge in [-0.25, -0.2) is 4.98 Å². The SMILES string of the molecule is CCNc1cc(Oc2ccc(Br)cc2)ccn1. The maximum Gasteiger partial charge on any atom is 0.132 e. The van der Waals surface area contributed by atoms with Crippen molar-refractivity contribution in [3.8, 4) is 11.5 Å². The Balaban J connectivity index is 2.12. The van der Waals surface area contributed by atoms with E-state index >= 15 is 0 Å². The third-order valence-electron chi connectivity index (χ3n) is 2.14. The molecular weight excluding hydrogens is 280 g/mol. The number of nitrogens with zero attached hydrogens (tertiary/aromatic N) is 1. The lowest BCUT2D eigenvalue weighted by Gasteiger charge is -2.07. The average molecular weight is 293 g/mol. The number of nitrogens with one attached hydrogen (secondary N) is 1. The molecule has 0 amide bonds. The summed E-state index contributed by atoms with van der Waals surface area (Å²) >= 11 is 3.39. The first-order chi connectivity index (χ1) is 8.28. The molecule has 0 unspecified atom stereocenters. The van der Waals surface area contributed by atoms with Crippen molar-refractivity contribution in [3.05, 3.63) is 47.1 Å². The number of benzene rings is 1. The smallest absolute Gasteiger partial charge is 0.132 e. The molecule has 2 rings (SSSR count). The van der Waals surface area contributed by atoms with E-state index in [9.17, 15) is 0 Å². The van der Waals surface area contributed by atoms with Crippen molar-refractivity contribution < 1.29 is 4.74 Å². The minimum Gasteiger partial charge on any atom is -0.457 e. The van der Waals surface area contributed by atoms with Crippen molar-refractivity contribution in [2.24, 2.45) is 0 Å². The number of anilines is 1. The molecule has 0 spiro atoms. The van der Waals surface area contributed by atoms with Crippen LogP contribution in [0.4, 0.5) is 5.82 Å². The first-order valence-electron chi connectivity index (χ1n) is 5.41. The second-order valence-electron chi connectivity index (χ2n) is 3.46. The average Bonchev–Trinajstić information content (AvgIpc) is 2.33. The molecule has 88 valence electrons. The molecule has 17 heavy (non-hydrogen) atoms. The Morgan fingerprint density at radius 3 is 2.65 bits per heavy atom. The first-order valence-corrected chi connectivity index (χ1v) is 6.20. The third kappa shape index (κ3) is 3.46. The van der Waals surface area contributed by atoms with Gasteiger partial charge in [0, 0.05) is 23.3 Å². The fraction of sp³-hybridized carbons (Fsp3) is 0.154. The highest BCUT2D eigenvalue weighted by Crippen LogP contribution is 2.24. The monoisotopic (exact) mass is 292 g/mol. The number of halogens is 1. The molecule has 0 radical (unpaired) electrons. The summed E-state index contributed by atoms with van der Waals surface area (Å²) < 4.78 is 6.75. The van der Waals surface area contributed by atoms with Crippen LogP contribution >= 0.6 is 15.9 Å². The molecule has 1 aromatic heterocycles. The normalized spacial score (nSPS) is 10.0. The summed E-state index contributed by atoms with van der Waals surface area (Å²) in [5.41, 5.74) is 0. The largest absolute Gasteiger partial charge is 0.457 e. The summed E-state index contributed by atoms with van der Waals surface area (Å²) in [5, 5.41) is 3.14. The second kappa shape index (κ2) is 5.68. The van der Waals surface area contributed by atoms with Gasteiger partial charge in [-0.1, -0.05) is 15.9 Å². The van der Waals surface area contributed by atoms with Crippen LogP contribution < -0.4 is 10.1 Å². The standard InChI is InChI=1S/C13H13BrN2O/c1-2-15-13-9-12(7-8-16-13)17-11-5-3-10(14)4-6-11/h3-9H,2H2,1H3,(H,15,16). The lowest BCUT2D eigenvalue weighted by Crippen LogP contribution is -1.98. The minimum atomic E-state index is 0.776. The zero-order chi connectivity index (χ0) is 12.1. The summed E-state index contributed by atoms with van der Waals surface area (Å²) in [6.45, 7) is 2.87. The van der Waals surface area contributed by atoms with Gasteiger partial charge < -0.3 is 10.1 Å². The molecule has 3 nitrogen and oxygen atoms in total. The van der Waals surface area contributed by atoms with E-state index in [1.807, 2.05) is 43.3 Å². The molecule has 0 aliphatic carbocycles. The van der Waals surface area contributed by atoms with E-state index in [0.717, 1.165) is 28.3 Å². The summed E-state index contributed by atoms with van der Waals surface area (Å²) in [4.78, 5) is 4.19. The molecule has 0 saturated carbocycles. The maximum atomic E-state index is 5.72. The molecule has 0 atom stereocenters. The first kappa shape index (κ1) is 11.9. The fourth-order valence-corrected chi connectivity index (χ4v) is 1.66. The van der Waals surface area contributed by atoms with Crippen LogP contribution in [-0.2, 0) is 0 Å². The maximum absolute atomic E-state index is 5.72. The number of ether oxygens (including phenoxy) is 1. The number of pyridine rings is 1. The molecule has 1 aromatic carbocycles. The van der Waals surface area contributed by atoms with Gasteiger partial charge in [-0.05, 0) is 37.3 Å². The lowest BCUT2D eigenvalue weighted by atomic mass is 10.3. The van der Waals surface area contributed by atoms with Gasteiger partial charge in [-0.2, -0.15) is 0 Å². The number of hydrogen-bond acceptors (Lipinski definition) is 3. The van der Waals surface area contributed by atoms with Gasteiger partial charge in [0.25, 0.3) is 0 Å². The Labute approximate surface area is 109 Å². The molecular formula is C13H13BrN2O. The highest BCUT2D eigenvalue weighted by Gasteiger charge is 1.99. The van der Waals surface area contributed by atoms with Crippen molar-refractivity contribution in [2.45, 2.75) is 6.92 Å². The van der Waals surface area contributed by atoms with Gasteiger partial charge in [0.05, 0.1) is 0 Å². The highest BCUT2D eigenvalue weighted by atomic mass is 79.9. The van der Waals surface area contributed by atoms with Crippen LogP contribution in [0, 0.1) is 0 Å². The van der Waals surface area contributed by atoms with Crippen LogP contribution in [0.1, 0.15) is 6.92 Å². The van der Waals surface area contributed by atoms with Crippen molar-refractivity contribution in [3.63, 3.8) is 0 Å². The van der Waals surface area contributed by atoms with E-state index in [1.54, 1.807) is 6.20 Å². The minimum absolute atomic E-state index is 0.776. The molecule has 1 heterocycles. The molecule has 1 N–H and O–H groups in total. The van der Waals surface area contributed by atoms with Crippen molar-refractivity contribution in [1.82, 2.24) is 4.98 Å². The number of hydrogen-bond donors (Lipinski definition) is 1. The Kier molecular flexibility index (Phi) is 3.98. The molecule has 0 fully saturated rings. The van der Waals surface area contributed by atoms with E-state index in [-0.39, 0.29) is 0 Å². The summed E-state index contributed by atoms with van der Waals surface area (Å²) in [7, 11) is 0. The van der Waals surface area contributed by atoms with Crippen LogP contribution in [0.5, 0.6) is 11.5 Å². The van der Waals surface area contributed by atoms with E-state index in [4.69, 9.17) is 4.74 Å². The van der Waals surface area contributed by atoms with Crippen LogP contribution in [0.15, 0.2) is 47.1 Å². The number of rotatable bonds is 4. The summed E-state index contributed by atoms with van der Waals surface area (Å²) in [6, 6.07) is 11.4. The van der Waals surface area contributed by atoms with E-state index in [1.165, 1.54) is 0 Å². The predicted molar refractivity (Wildman–Crippen MR) is 72.6 cm³/mol. The molecule has 0 saturated heterocycles. The van der Waals surface area contributed by atoms with Crippen molar-refractivity contribution in [1.29, 1.82) is 0 Å². The topological polar surface area (TPSA) is 34.1 Å². The van der Waals surface area contributed by atoms with Gasteiger partial charge in [0.2, 0.25) is 0 Å². The van der Waals surface area contributed by atoms with Gasteiger partial charge in [-0.15, -0.1) is 0 Å². The Bertz CT molecular complexity index is 485. The van der Waals surface area contributed by atoms with Crippen molar-refractivity contribution in [2.75, 3.05) is 11.9 Å². The Morgan fingerprint density at radius 2 is 1.94 bits per heavy atom. The zero-order valence-electron chi connectivity index (χ0n) is 9.48. The quantitative estimate of drug-likeness (QED) is 0.922. The van der Waals surface area contributed by atoms with Crippen LogP contribution in [0.3, 0.4) is 0 Å². The number of aromatic nitrogens is 1. The third-order valence-corrected chi connectivity index (χ3v) is 2.67. The second-order valence-corrected chi connectivity index (χ2v) is 4.38. The highest BCUT2D eigenvalue weighted by molar-refractivity contribution is 9.10. The molecule has 0 aliphatic rings. The zero-order valence-corrected chi connectivity index (χ0v) is 11.1. The Morgan fingerprint density at radius 1 is 1.18 bits per heavy atom.